The summed E-state index contributed by atoms with van der Waals surface area (Å²) in [5.41, 5.74) is 3.37. The number of piperazine rings is 2. The molecule has 28 heavy (non-hydrogen) atoms. The van der Waals surface area contributed by atoms with Gasteiger partial charge in [-0.25, -0.2) is 4.68 Å². The van der Waals surface area contributed by atoms with E-state index in [1.54, 1.807) is 16.7 Å². The lowest BCUT2D eigenvalue weighted by atomic mass is 10.0. The first-order chi connectivity index (χ1) is 13.6. The number of nitrogens with zero attached hydrogens (tertiary/aromatic N) is 5. The van der Waals surface area contributed by atoms with Gasteiger partial charge in [0.05, 0.1) is 17.8 Å². The van der Waals surface area contributed by atoms with Crippen LogP contribution in [-0.4, -0.2) is 79.6 Å². The molecule has 3 saturated heterocycles. The molecule has 0 radical (unpaired) electrons. The first-order valence-electron chi connectivity index (χ1n) is 9.62. The van der Waals surface area contributed by atoms with E-state index in [1.165, 1.54) is 5.56 Å². The van der Waals surface area contributed by atoms with E-state index in [0.29, 0.717) is 19.0 Å². The quantitative estimate of drug-likeness (QED) is 0.777. The fraction of sp³-hybridized carbons (Fsp3) is 0.450. The molecule has 5 rings (SSSR count). The predicted molar refractivity (Wildman–Crippen MR) is 107 cm³/mol. The molecule has 3 fully saturated rings. The molecule has 0 saturated carbocycles. The van der Waals surface area contributed by atoms with Crippen molar-refractivity contribution in [1.29, 1.82) is 0 Å². The summed E-state index contributed by atoms with van der Waals surface area (Å²) >= 11 is 1.67. The fourth-order valence-electron chi connectivity index (χ4n) is 4.24. The molecular weight excluding hydrogens is 374 g/mol. The van der Waals surface area contributed by atoms with Gasteiger partial charge in [0.25, 0.3) is 0 Å². The Labute approximate surface area is 168 Å². The summed E-state index contributed by atoms with van der Waals surface area (Å²) in [4.78, 5) is 31.4. The lowest BCUT2D eigenvalue weighted by Gasteiger charge is -2.47. The lowest BCUT2D eigenvalue weighted by Crippen LogP contribution is -2.69. The molecule has 2 aromatic rings. The number of rotatable bonds is 3. The van der Waals surface area contributed by atoms with Crippen molar-refractivity contribution >= 4 is 23.6 Å². The average Bonchev–Trinajstić information content (AvgIpc) is 3.37. The van der Waals surface area contributed by atoms with Crippen LogP contribution >= 0.6 is 11.8 Å². The maximum atomic E-state index is 12.9. The molecule has 7 nitrogen and oxygen atoms in total. The van der Waals surface area contributed by atoms with Crippen LogP contribution in [0.25, 0.3) is 5.69 Å². The van der Waals surface area contributed by atoms with Crippen molar-refractivity contribution in [3.8, 4) is 5.69 Å². The second kappa shape index (κ2) is 6.93. The van der Waals surface area contributed by atoms with Gasteiger partial charge in [0.1, 0.15) is 12.1 Å². The standard InChI is InChI=1S/C20H23N5O2S/c1-14-2-4-16(5-3-14)25-10-15(8-21-25)9-22-6-7-23-17(11-22)19(26)24-13-28-12-18(24)20(23)27/h2-5,8,10,17-18H,6-7,9,11-13H2,1H3/t17-,18+/m1/s1. The molecule has 0 aliphatic carbocycles. The molecule has 1 aromatic heterocycles. The number of fused-ring (bicyclic) bond motifs is 2. The van der Waals surface area contributed by atoms with E-state index in [-0.39, 0.29) is 23.9 Å². The van der Waals surface area contributed by atoms with Crippen LogP contribution < -0.4 is 0 Å². The van der Waals surface area contributed by atoms with Crippen LogP contribution in [-0.2, 0) is 16.1 Å². The van der Waals surface area contributed by atoms with Crippen molar-refractivity contribution in [2.45, 2.75) is 25.6 Å². The zero-order valence-electron chi connectivity index (χ0n) is 15.8. The Morgan fingerprint density at radius 1 is 1.07 bits per heavy atom. The van der Waals surface area contributed by atoms with Crippen molar-refractivity contribution in [3.63, 3.8) is 0 Å². The predicted octanol–water partition coefficient (Wildman–Crippen LogP) is 1.11. The molecule has 4 heterocycles. The molecule has 2 amide bonds. The van der Waals surface area contributed by atoms with Gasteiger partial charge in [-0.15, -0.1) is 11.8 Å². The largest absolute Gasteiger partial charge is 0.326 e. The van der Waals surface area contributed by atoms with Crippen molar-refractivity contribution in [2.24, 2.45) is 0 Å². The van der Waals surface area contributed by atoms with Crippen LogP contribution in [0.2, 0.25) is 0 Å². The van der Waals surface area contributed by atoms with E-state index in [0.717, 1.165) is 30.1 Å². The van der Waals surface area contributed by atoms with E-state index in [9.17, 15) is 9.59 Å². The first-order valence-corrected chi connectivity index (χ1v) is 10.8. The van der Waals surface area contributed by atoms with Gasteiger partial charge < -0.3 is 9.80 Å². The van der Waals surface area contributed by atoms with Gasteiger partial charge in [0.15, 0.2) is 0 Å². The molecule has 0 unspecified atom stereocenters. The molecule has 146 valence electrons. The molecule has 0 N–H and O–H groups in total. The summed E-state index contributed by atoms with van der Waals surface area (Å²) in [5, 5.41) is 4.48. The van der Waals surface area contributed by atoms with E-state index in [1.807, 2.05) is 22.0 Å². The van der Waals surface area contributed by atoms with Gasteiger partial charge >= 0.3 is 0 Å². The van der Waals surface area contributed by atoms with Crippen molar-refractivity contribution in [3.05, 3.63) is 47.8 Å². The Morgan fingerprint density at radius 3 is 2.68 bits per heavy atom. The molecule has 3 aliphatic heterocycles. The Balaban J connectivity index is 1.28. The van der Waals surface area contributed by atoms with Gasteiger partial charge in [-0.1, -0.05) is 17.7 Å². The van der Waals surface area contributed by atoms with Crippen LogP contribution in [0.5, 0.6) is 0 Å². The maximum absolute atomic E-state index is 12.9. The molecular formula is C20H23N5O2S. The zero-order chi connectivity index (χ0) is 19.3. The highest BCUT2D eigenvalue weighted by Gasteiger charge is 2.49. The smallest absolute Gasteiger partial charge is 0.248 e. The molecule has 1 aromatic carbocycles. The number of carbonyl (C=O) groups is 2. The normalized spacial score (nSPS) is 25.2. The Hall–Kier alpha value is -2.32. The highest BCUT2D eigenvalue weighted by atomic mass is 32.2. The van der Waals surface area contributed by atoms with Crippen molar-refractivity contribution < 1.29 is 9.59 Å². The number of aryl methyl sites for hydroxylation is 1. The summed E-state index contributed by atoms with van der Waals surface area (Å²) in [6.07, 6.45) is 3.92. The highest BCUT2D eigenvalue weighted by Crippen LogP contribution is 2.30. The summed E-state index contributed by atoms with van der Waals surface area (Å²) in [7, 11) is 0. The van der Waals surface area contributed by atoms with Gasteiger partial charge in [0.2, 0.25) is 11.8 Å². The van der Waals surface area contributed by atoms with Crippen molar-refractivity contribution in [1.82, 2.24) is 24.5 Å². The van der Waals surface area contributed by atoms with Crippen molar-refractivity contribution in [2.75, 3.05) is 31.3 Å². The Bertz CT molecular complexity index is 912. The number of hydrogen-bond acceptors (Lipinski definition) is 5. The zero-order valence-corrected chi connectivity index (χ0v) is 16.6. The monoisotopic (exact) mass is 397 g/mol. The topological polar surface area (TPSA) is 61.7 Å². The minimum Gasteiger partial charge on any atom is -0.326 e. The number of benzene rings is 1. The third kappa shape index (κ3) is 3.00. The third-order valence-corrected chi connectivity index (χ3v) is 6.84. The van der Waals surface area contributed by atoms with Gasteiger partial charge in [-0.05, 0) is 19.1 Å². The third-order valence-electron chi connectivity index (χ3n) is 5.82. The molecule has 2 atom stereocenters. The molecule has 0 spiro atoms. The number of thioether (sulfide) groups is 1. The fourth-order valence-corrected chi connectivity index (χ4v) is 5.40. The molecule has 8 heteroatoms. The summed E-state index contributed by atoms with van der Waals surface area (Å²) in [5.74, 6) is 1.61. The van der Waals surface area contributed by atoms with Crippen LogP contribution in [0.4, 0.5) is 0 Å². The average molecular weight is 398 g/mol. The second-order valence-electron chi connectivity index (χ2n) is 7.73. The minimum atomic E-state index is -0.344. The number of aromatic nitrogens is 2. The molecule has 0 bridgehead atoms. The minimum absolute atomic E-state index is 0.106. The van der Waals surface area contributed by atoms with Gasteiger partial charge in [-0.2, -0.15) is 5.10 Å². The number of carbonyl (C=O) groups excluding carboxylic acids is 2. The number of amides is 2. The van der Waals surface area contributed by atoms with E-state index in [2.05, 4.69) is 41.2 Å². The summed E-state index contributed by atoms with van der Waals surface area (Å²) in [6, 6.07) is 7.68. The van der Waals surface area contributed by atoms with Gasteiger partial charge in [0, 0.05) is 43.7 Å². The SMILES string of the molecule is Cc1ccc(-n2cc(CN3CCN4C(=O)[C@@H]5CSCN5C(=O)[C@H]4C3)cn2)cc1. The first kappa shape index (κ1) is 17.8. The van der Waals surface area contributed by atoms with E-state index < -0.39 is 0 Å². The maximum Gasteiger partial charge on any atom is 0.248 e. The Morgan fingerprint density at radius 2 is 1.86 bits per heavy atom. The Kier molecular flexibility index (Phi) is 4.40. The van der Waals surface area contributed by atoms with Crippen LogP contribution in [0.3, 0.4) is 0 Å². The second-order valence-corrected chi connectivity index (χ2v) is 8.73. The van der Waals surface area contributed by atoms with E-state index in [4.69, 9.17) is 0 Å². The number of hydrogen-bond donors (Lipinski definition) is 0. The molecule has 3 aliphatic rings. The highest BCUT2D eigenvalue weighted by molar-refractivity contribution is 7.99. The van der Waals surface area contributed by atoms with Crippen LogP contribution in [0.15, 0.2) is 36.7 Å². The lowest BCUT2D eigenvalue weighted by molar-refractivity contribution is -0.162. The summed E-state index contributed by atoms with van der Waals surface area (Å²) < 4.78 is 1.88. The van der Waals surface area contributed by atoms with Crippen LogP contribution in [0, 0.1) is 6.92 Å². The van der Waals surface area contributed by atoms with Gasteiger partial charge in [-0.3, -0.25) is 14.5 Å². The summed E-state index contributed by atoms with van der Waals surface area (Å²) in [6.45, 7) is 4.80. The van der Waals surface area contributed by atoms with Crippen LogP contribution in [0.1, 0.15) is 11.1 Å². The van der Waals surface area contributed by atoms with E-state index >= 15 is 0 Å².